The van der Waals surface area contributed by atoms with Crippen molar-refractivity contribution < 1.29 is 14.2 Å². The van der Waals surface area contributed by atoms with Gasteiger partial charge in [-0.15, -0.1) is 0 Å². The van der Waals surface area contributed by atoms with Crippen molar-refractivity contribution in [1.82, 2.24) is 0 Å². The van der Waals surface area contributed by atoms with Crippen molar-refractivity contribution in [1.29, 1.82) is 0 Å². The van der Waals surface area contributed by atoms with Gasteiger partial charge < -0.3 is 14.2 Å². The average molecular weight is 282 g/mol. The van der Waals surface area contributed by atoms with Crippen molar-refractivity contribution in [2.24, 2.45) is 11.3 Å². The van der Waals surface area contributed by atoms with Crippen LogP contribution in [0.1, 0.15) is 51.9 Å². The summed E-state index contributed by atoms with van der Waals surface area (Å²) < 4.78 is 16.6. The van der Waals surface area contributed by atoms with Gasteiger partial charge in [-0.3, -0.25) is 0 Å². The van der Waals surface area contributed by atoms with Crippen LogP contribution in [0.2, 0.25) is 0 Å². The lowest BCUT2D eigenvalue weighted by atomic mass is 9.84. The molecule has 2 aliphatic rings. The van der Waals surface area contributed by atoms with Crippen molar-refractivity contribution in [2.75, 3.05) is 26.4 Å². The second-order valence-electron chi connectivity index (χ2n) is 6.49. The molecule has 0 aromatic heterocycles. The molecule has 1 aliphatic heterocycles. The molecule has 0 N–H and O–H groups in total. The first-order valence-electron chi connectivity index (χ1n) is 8.20. The van der Waals surface area contributed by atoms with E-state index in [0.717, 1.165) is 32.3 Å². The standard InChI is InChI=1S/C17H30O3/c1-3-17(13-19-14-17)12-18-11-5-6-15-7-9-16(10-8-15)20-4-2/h4,15-16H,2-3,5-14H2,1H3. The van der Waals surface area contributed by atoms with E-state index < -0.39 is 0 Å². The van der Waals surface area contributed by atoms with E-state index in [1.54, 1.807) is 6.26 Å². The summed E-state index contributed by atoms with van der Waals surface area (Å²) in [5, 5.41) is 0. The average Bonchev–Trinajstić information content (AvgIpc) is 2.43. The van der Waals surface area contributed by atoms with Crippen LogP contribution in [0, 0.1) is 11.3 Å². The zero-order valence-corrected chi connectivity index (χ0v) is 12.9. The predicted octanol–water partition coefficient (Wildman–Crippen LogP) is 3.93. The van der Waals surface area contributed by atoms with Gasteiger partial charge in [0.2, 0.25) is 0 Å². The molecule has 3 heteroatoms. The van der Waals surface area contributed by atoms with Gasteiger partial charge in [-0.1, -0.05) is 13.5 Å². The Bertz CT molecular complexity index is 272. The Morgan fingerprint density at radius 3 is 2.55 bits per heavy atom. The summed E-state index contributed by atoms with van der Waals surface area (Å²) in [5.74, 6) is 0.871. The van der Waals surface area contributed by atoms with Crippen LogP contribution in [0.5, 0.6) is 0 Å². The Hall–Kier alpha value is -0.540. The Labute approximate surface area is 123 Å². The first-order valence-corrected chi connectivity index (χ1v) is 8.20. The molecule has 0 atom stereocenters. The minimum atomic E-state index is 0.333. The van der Waals surface area contributed by atoms with Crippen molar-refractivity contribution in [3.8, 4) is 0 Å². The van der Waals surface area contributed by atoms with Crippen molar-refractivity contribution in [3.05, 3.63) is 12.8 Å². The summed E-state index contributed by atoms with van der Waals surface area (Å²) in [6.07, 6.45) is 10.6. The Kier molecular flexibility index (Phi) is 6.37. The molecule has 0 spiro atoms. The second kappa shape index (κ2) is 8.04. The Balaban J connectivity index is 1.48. The Morgan fingerprint density at radius 2 is 2.00 bits per heavy atom. The van der Waals surface area contributed by atoms with Crippen LogP contribution >= 0.6 is 0 Å². The molecule has 1 heterocycles. The van der Waals surface area contributed by atoms with Crippen LogP contribution in [0.4, 0.5) is 0 Å². The minimum absolute atomic E-state index is 0.333. The third-order valence-corrected chi connectivity index (χ3v) is 4.96. The summed E-state index contributed by atoms with van der Waals surface area (Å²) in [5.41, 5.74) is 0.333. The van der Waals surface area contributed by atoms with E-state index in [1.165, 1.54) is 44.9 Å². The first-order chi connectivity index (χ1) is 9.78. The first kappa shape index (κ1) is 15.8. The van der Waals surface area contributed by atoms with Crippen LogP contribution in [-0.2, 0) is 14.2 Å². The van der Waals surface area contributed by atoms with Gasteiger partial charge in [0.1, 0.15) is 0 Å². The van der Waals surface area contributed by atoms with Gasteiger partial charge in [0, 0.05) is 12.0 Å². The smallest absolute Gasteiger partial charge is 0.0978 e. The molecular formula is C17H30O3. The fourth-order valence-electron chi connectivity index (χ4n) is 3.24. The summed E-state index contributed by atoms with van der Waals surface area (Å²) in [6.45, 7) is 9.42. The molecule has 2 fully saturated rings. The minimum Gasteiger partial charge on any atom is -0.499 e. The molecule has 3 nitrogen and oxygen atoms in total. The van der Waals surface area contributed by atoms with Gasteiger partial charge >= 0.3 is 0 Å². The molecule has 2 rings (SSSR count). The molecule has 0 aromatic rings. The lowest BCUT2D eigenvalue weighted by molar-refractivity contribution is -0.150. The lowest BCUT2D eigenvalue weighted by Crippen LogP contribution is -2.45. The summed E-state index contributed by atoms with van der Waals surface area (Å²) in [7, 11) is 0. The molecule has 0 unspecified atom stereocenters. The highest BCUT2D eigenvalue weighted by atomic mass is 16.5. The molecule has 0 aromatic carbocycles. The molecule has 20 heavy (non-hydrogen) atoms. The van der Waals surface area contributed by atoms with E-state index in [2.05, 4.69) is 13.5 Å². The van der Waals surface area contributed by atoms with E-state index in [9.17, 15) is 0 Å². The molecule has 0 amide bonds. The Morgan fingerprint density at radius 1 is 1.25 bits per heavy atom. The largest absolute Gasteiger partial charge is 0.499 e. The van der Waals surface area contributed by atoms with E-state index in [4.69, 9.17) is 14.2 Å². The van der Waals surface area contributed by atoms with Crippen LogP contribution in [0.3, 0.4) is 0 Å². The fourth-order valence-corrected chi connectivity index (χ4v) is 3.24. The van der Waals surface area contributed by atoms with E-state index >= 15 is 0 Å². The highest BCUT2D eigenvalue weighted by Crippen LogP contribution is 2.32. The summed E-state index contributed by atoms with van der Waals surface area (Å²) in [4.78, 5) is 0. The zero-order valence-electron chi connectivity index (χ0n) is 12.9. The third-order valence-electron chi connectivity index (χ3n) is 4.96. The van der Waals surface area contributed by atoms with E-state index in [-0.39, 0.29) is 0 Å². The zero-order chi connectivity index (χ0) is 14.3. The maximum atomic E-state index is 5.86. The van der Waals surface area contributed by atoms with Crippen LogP contribution in [0.25, 0.3) is 0 Å². The molecule has 0 bridgehead atoms. The van der Waals surface area contributed by atoms with Gasteiger partial charge in [0.05, 0.1) is 32.2 Å². The van der Waals surface area contributed by atoms with Crippen LogP contribution < -0.4 is 0 Å². The molecule has 1 saturated carbocycles. The second-order valence-corrected chi connectivity index (χ2v) is 6.49. The number of hydrogen-bond donors (Lipinski definition) is 0. The summed E-state index contributed by atoms with van der Waals surface area (Å²) >= 11 is 0. The molecule has 116 valence electrons. The van der Waals surface area contributed by atoms with Gasteiger partial charge in [-0.25, -0.2) is 0 Å². The molecule has 1 saturated heterocycles. The van der Waals surface area contributed by atoms with Crippen molar-refractivity contribution in [3.63, 3.8) is 0 Å². The quantitative estimate of drug-likeness (QED) is 0.474. The van der Waals surface area contributed by atoms with Crippen LogP contribution in [0.15, 0.2) is 12.8 Å². The maximum absolute atomic E-state index is 5.86. The fraction of sp³-hybridized carbons (Fsp3) is 0.882. The summed E-state index contributed by atoms with van der Waals surface area (Å²) in [6, 6.07) is 0. The monoisotopic (exact) mass is 282 g/mol. The normalized spacial score (nSPS) is 28.6. The van der Waals surface area contributed by atoms with E-state index in [1.807, 2.05) is 0 Å². The lowest BCUT2D eigenvalue weighted by Gasteiger charge is -2.40. The van der Waals surface area contributed by atoms with Crippen molar-refractivity contribution in [2.45, 2.75) is 58.0 Å². The number of hydrogen-bond acceptors (Lipinski definition) is 3. The van der Waals surface area contributed by atoms with Gasteiger partial charge in [0.15, 0.2) is 0 Å². The van der Waals surface area contributed by atoms with E-state index in [0.29, 0.717) is 11.5 Å². The third kappa shape index (κ3) is 4.49. The SMILES string of the molecule is C=COC1CCC(CCCOCC2(CC)COC2)CC1. The highest BCUT2D eigenvalue weighted by Gasteiger charge is 2.36. The maximum Gasteiger partial charge on any atom is 0.0978 e. The molecular weight excluding hydrogens is 252 g/mol. The number of rotatable bonds is 9. The predicted molar refractivity (Wildman–Crippen MR) is 80.6 cm³/mol. The van der Waals surface area contributed by atoms with Crippen LogP contribution in [-0.4, -0.2) is 32.5 Å². The van der Waals surface area contributed by atoms with Gasteiger partial charge in [0.25, 0.3) is 0 Å². The number of ether oxygens (including phenoxy) is 3. The molecule has 1 aliphatic carbocycles. The molecule has 0 radical (unpaired) electrons. The van der Waals surface area contributed by atoms with Crippen molar-refractivity contribution >= 4 is 0 Å². The topological polar surface area (TPSA) is 27.7 Å². The highest BCUT2D eigenvalue weighted by molar-refractivity contribution is 4.83. The van der Waals surface area contributed by atoms with Gasteiger partial charge in [-0.2, -0.15) is 0 Å². The van der Waals surface area contributed by atoms with Gasteiger partial charge in [-0.05, 0) is 50.9 Å².